The fourth-order valence-electron chi connectivity index (χ4n) is 5.42. The Kier molecular flexibility index (Phi) is 12.0. The van der Waals surface area contributed by atoms with Crippen LogP contribution >= 0.6 is 23.2 Å². The molecule has 6 nitrogen and oxygen atoms in total. The summed E-state index contributed by atoms with van der Waals surface area (Å²) in [6.45, 7) is 5.01. The van der Waals surface area contributed by atoms with Gasteiger partial charge in [0, 0.05) is 41.0 Å². The molecule has 1 aliphatic rings. The molecule has 0 heterocycles. The number of aryl methyl sites for hydroxylation is 1. The van der Waals surface area contributed by atoms with E-state index in [1.54, 1.807) is 23.1 Å². The van der Waals surface area contributed by atoms with E-state index in [9.17, 15) is 9.59 Å². The molecule has 0 spiro atoms. The standard InChI is InChI=1S/C34H40Cl2N2O4/c1-3-41-31-19-17-25(22-32(31)42-4-2)18-20-33(39)38(23-27-28(35)15-10-16-29(27)36)30(21-24-11-6-5-7-12-24)34(40)37-26-13-8-9-14-26/h5-7,10-12,15-17,19,22,26,30H,3-4,8-9,13-14,18,20-21,23H2,1-2H3,(H,37,40). The highest BCUT2D eigenvalue weighted by molar-refractivity contribution is 6.36. The highest BCUT2D eigenvalue weighted by atomic mass is 35.5. The number of nitrogens with one attached hydrogen (secondary N) is 1. The average Bonchev–Trinajstić information content (AvgIpc) is 3.50. The molecule has 1 unspecified atom stereocenters. The highest BCUT2D eigenvalue weighted by Crippen LogP contribution is 2.30. The zero-order valence-corrected chi connectivity index (χ0v) is 25.9. The predicted molar refractivity (Wildman–Crippen MR) is 168 cm³/mol. The molecule has 8 heteroatoms. The van der Waals surface area contributed by atoms with Crippen molar-refractivity contribution in [3.63, 3.8) is 0 Å². The van der Waals surface area contributed by atoms with Crippen molar-refractivity contribution < 1.29 is 19.1 Å². The maximum absolute atomic E-state index is 14.1. The van der Waals surface area contributed by atoms with Gasteiger partial charge >= 0.3 is 0 Å². The van der Waals surface area contributed by atoms with Crippen LogP contribution in [0.15, 0.2) is 66.7 Å². The number of carbonyl (C=O) groups excluding carboxylic acids is 2. The van der Waals surface area contributed by atoms with Crippen LogP contribution in [0.3, 0.4) is 0 Å². The topological polar surface area (TPSA) is 67.9 Å². The zero-order valence-electron chi connectivity index (χ0n) is 24.4. The fraction of sp³-hybridized carbons (Fsp3) is 0.412. The fourth-order valence-corrected chi connectivity index (χ4v) is 5.94. The highest BCUT2D eigenvalue weighted by Gasteiger charge is 2.32. The number of benzene rings is 3. The third kappa shape index (κ3) is 8.65. The second-order valence-corrected chi connectivity index (χ2v) is 11.4. The van der Waals surface area contributed by atoms with Crippen LogP contribution in [0.4, 0.5) is 0 Å². The van der Waals surface area contributed by atoms with E-state index in [2.05, 4.69) is 5.32 Å². The van der Waals surface area contributed by atoms with E-state index < -0.39 is 6.04 Å². The Morgan fingerprint density at radius 1 is 0.881 bits per heavy atom. The Bertz CT molecular complexity index is 1310. The number of halogens is 2. The van der Waals surface area contributed by atoms with Gasteiger partial charge in [-0.2, -0.15) is 0 Å². The van der Waals surface area contributed by atoms with Gasteiger partial charge < -0.3 is 19.7 Å². The molecule has 0 aromatic heterocycles. The maximum atomic E-state index is 14.1. The first-order valence-electron chi connectivity index (χ1n) is 14.8. The summed E-state index contributed by atoms with van der Waals surface area (Å²) in [6, 6.07) is 20.2. The normalized spacial score (nSPS) is 13.9. The zero-order chi connectivity index (χ0) is 29.9. The van der Waals surface area contributed by atoms with E-state index in [-0.39, 0.29) is 30.8 Å². The quantitative estimate of drug-likeness (QED) is 0.206. The van der Waals surface area contributed by atoms with Crippen LogP contribution < -0.4 is 14.8 Å². The molecule has 0 radical (unpaired) electrons. The lowest BCUT2D eigenvalue weighted by Crippen LogP contribution is -2.52. The summed E-state index contributed by atoms with van der Waals surface area (Å²) in [5.74, 6) is 1.03. The van der Waals surface area contributed by atoms with E-state index in [1.807, 2.05) is 62.4 Å². The summed E-state index contributed by atoms with van der Waals surface area (Å²) in [5, 5.41) is 4.16. The molecule has 1 aliphatic carbocycles. The van der Waals surface area contributed by atoms with Gasteiger partial charge in [-0.25, -0.2) is 0 Å². The molecule has 0 saturated heterocycles. The van der Waals surface area contributed by atoms with Crippen molar-refractivity contribution in [1.29, 1.82) is 0 Å². The van der Waals surface area contributed by atoms with Gasteiger partial charge in [-0.3, -0.25) is 9.59 Å². The Morgan fingerprint density at radius 2 is 1.55 bits per heavy atom. The number of rotatable bonds is 14. The van der Waals surface area contributed by atoms with Gasteiger partial charge in [0.05, 0.1) is 13.2 Å². The molecular formula is C34H40Cl2N2O4. The molecule has 1 N–H and O–H groups in total. The van der Waals surface area contributed by atoms with E-state index in [0.717, 1.165) is 36.8 Å². The SMILES string of the molecule is CCOc1ccc(CCC(=O)N(Cc2c(Cl)cccc2Cl)C(Cc2ccccc2)C(=O)NC2CCCC2)cc1OCC. The van der Waals surface area contributed by atoms with Crippen LogP contribution in [0.25, 0.3) is 0 Å². The predicted octanol–water partition coefficient (Wildman–Crippen LogP) is 7.42. The molecule has 2 amide bonds. The van der Waals surface area contributed by atoms with Crippen LogP contribution in [0, 0.1) is 0 Å². The smallest absolute Gasteiger partial charge is 0.243 e. The summed E-state index contributed by atoms with van der Waals surface area (Å²) in [5.41, 5.74) is 2.54. The van der Waals surface area contributed by atoms with Gasteiger partial charge in [-0.05, 0) is 68.5 Å². The summed E-state index contributed by atoms with van der Waals surface area (Å²) < 4.78 is 11.5. The summed E-state index contributed by atoms with van der Waals surface area (Å²) in [4.78, 5) is 29.7. The van der Waals surface area contributed by atoms with Gasteiger partial charge in [0.1, 0.15) is 6.04 Å². The molecule has 42 heavy (non-hydrogen) atoms. The molecule has 1 saturated carbocycles. The number of ether oxygens (including phenoxy) is 2. The van der Waals surface area contributed by atoms with Crippen LogP contribution in [0.5, 0.6) is 11.5 Å². The number of carbonyl (C=O) groups is 2. The number of hydrogen-bond acceptors (Lipinski definition) is 4. The van der Waals surface area contributed by atoms with Crippen LogP contribution in [-0.4, -0.2) is 42.0 Å². The van der Waals surface area contributed by atoms with Crippen molar-refractivity contribution in [1.82, 2.24) is 10.2 Å². The number of amides is 2. The minimum Gasteiger partial charge on any atom is -0.490 e. The molecule has 3 aromatic carbocycles. The van der Waals surface area contributed by atoms with Gasteiger partial charge in [-0.1, -0.05) is 78.5 Å². The van der Waals surface area contributed by atoms with Crippen LogP contribution in [0.2, 0.25) is 10.0 Å². The van der Waals surface area contributed by atoms with Gasteiger partial charge in [-0.15, -0.1) is 0 Å². The lowest BCUT2D eigenvalue weighted by molar-refractivity contribution is -0.141. The van der Waals surface area contributed by atoms with Gasteiger partial charge in [0.25, 0.3) is 0 Å². The summed E-state index contributed by atoms with van der Waals surface area (Å²) in [6.07, 6.45) is 5.15. The Labute approximate surface area is 259 Å². The van der Waals surface area contributed by atoms with E-state index in [1.165, 1.54) is 0 Å². The van der Waals surface area contributed by atoms with Crippen LogP contribution in [-0.2, 0) is 29.0 Å². The molecule has 0 aliphatic heterocycles. The lowest BCUT2D eigenvalue weighted by Gasteiger charge is -2.33. The summed E-state index contributed by atoms with van der Waals surface area (Å²) in [7, 11) is 0. The molecular weight excluding hydrogens is 571 g/mol. The first kappa shape index (κ1) is 31.7. The number of nitrogens with zero attached hydrogens (tertiary/aromatic N) is 1. The van der Waals surface area contributed by atoms with Crippen molar-refractivity contribution >= 4 is 35.0 Å². The van der Waals surface area contributed by atoms with Crippen molar-refractivity contribution in [2.45, 2.75) is 77.4 Å². The first-order valence-corrected chi connectivity index (χ1v) is 15.6. The molecule has 3 aromatic rings. The van der Waals surface area contributed by atoms with Gasteiger partial charge in [0.15, 0.2) is 11.5 Å². The monoisotopic (exact) mass is 610 g/mol. The third-order valence-electron chi connectivity index (χ3n) is 7.60. The molecule has 0 bridgehead atoms. The Morgan fingerprint density at radius 3 is 2.21 bits per heavy atom. The Balaban J connectivity index is 1.63. The first-order chi connectivity index (χ1) is 20.4. The van der Waals surface area contributed by atoms with Gasteiger partial charge in [0.2, 0.25) is 11.8 Å². The minimum absolute atomic E-state index is 0.123. The van der Waals surface area contributed by atoms with Crippen molar-refractivity contribution in [3.05, 3.63) is 93.5 Å². The Hall–Kier alpha value is -3.22. The van der Waals surface area contributed by atoms with Crippen molar-refractivity contribution in [2.75, 3.05) is 13.2 Å². The van der Waals surface area contributed by atoms with E-state index in [4.69, 9.17) is 32.7 Å². The molecule has 1 fully saturated rings. The molecule has 4 rings (SSSR count). The minimum atomic E-state index is -0.729. The van der Waals surface area contributed by atoms with E-state index in [0.29, 0.717) is 53.2 Å². The number of hydrogen-bond donors (Lipinski definition) is 1. The molecule has 1 atom stereocenters. The van der Waals surface area contributed by atoms with Crippen LogP contribution in [0.1, 0.15) is 62.6 Å². The second-order valence-electron chi connectivity index (χ2n) is 10.6. The van der Waals surface area contributed by atoms with E-state index >= 15 is 0 Å². The summed E-state index contributed by atoms with van der Waals surface area (Å²) >= 11 is 13.1. The average molecular weight is 612 g/mol. The second kappa shape index (κ2) is 15.9. The lowest BCUT2D eigenvalue weighted by atomic mass is 10.0. The largest absolute Gasteiger partial charge is 0.490 e. The maximum Gasteiger partial charge on any atom is 0.243 e. The molecule has 224 valence electrons. The third-order valence-corrected chi connectivity index (χ3v) is 8.31. The van der Waals surface area contributed by atoms with Crippen molar-refractivity contribution in [2.24, 2.45) is 0 Å². The van der Waals surface area contributed by atoms with Crippen molar-refractivity contribution in [3.8, 4) is 11.5 Å².